The molecule has 0 spiro atoms. The molecule has 0 saturated carbocycles. The summed E-state index contributed by atoms with van der Waals surface area (Å²) in [6.45, 7) is 1.95. The minimum Gasteiger partial charge on any atom is -0.469 e. The number of aromatic nitrogens is 1. The first kappa shape index (κ1) is 24.8. The summed E-state index contributed by atoms with van der Waals surface area (Å²) in [6, 6.07) is 23.2. The summed E-state index contributed by atoms with van der Waals surface area (Å²) in [5.41, 5.74) is 3.41. The number of fused-ring (bicyclic) bond motifs is 3. The van der Waals surface area contributed by atoms with Gasteiger partial charge in [-0.25, -0.2) is 17.8 Å². The van der Waals surface area contributed by atoms with E-state index < -0.39 is 33.1 Å². The van der Waals surface area contributed by atoms with Crippen molar-refractivity contribution in [3.63, 3.8) is 0 Å². The first-order valence-corrected chi connectivity index (χ1v) is 13.6. The van der Waals surface area contributed by atoms with Crippen molar-refractivity contribution in [2.75, 3.05) is 7.11 Å². The Morgan fingerprint density at radius 3 is 2.32 bits per heavy atom. The Labute approximate surface area is 215 Å². The van der Waals surface area contributed by atoms with E-state index in [0.29, 0.717) is 22.2 Å². The van der Waals surface area contributed by atoms with Crippen molar-refractivity contribution in [1.82, 2.24) is 4.57 Å². The van der Waals surface area contributed by atoms with E-state index in [4.69, 9.17) is 9.47 Å². The van der Waals surface area contributed by atoms with Crippen molar-refractivity contribution >= 4 is 32.8 Å². The number of sulfone groups is 1. The van der Waals surface area contributed by atoms with Crippen LogP contribution in [0.3, 0.4) is 0 Å². The van der Waals surface area contributed by atoms with Gasteiger partial charge in [0.25, 0.3) is 0 Å². The zero-order valence-electron chi connectivity index (χ0n) is 20.6. The van der Waals surface area contributed by atoms with Crippen molar-refractivity contribution in [1.29, 1.82) is 0 Å². The molecule has 0 saturated heterocycles. The third-order valence-electron chi connectivity index (χ3n) is 6.95. The molecule has 2 unspecified atom stereocenters. The number of hydrogen-bond donors (Lipinski definition) is 0. The first-order chi connectivity index (χ1) is 17.8. The highest BCUT2D eigenvalue weighted by Gasteiger charge is 2.43. The second-order valence-corrected chi connectivity index (χ2v) is 11.5. The fraction of sp³-hybridized carbons (Fsp3) is 0.241. The summed E-state index contributed by atoms with van der Waals surface area (Å²) in [6.07, 6.45) is -0.504. The number of ether oxygens (including phenoxy) is 2. The summed E-state index contributed by atoms with van der Waals surface area (Å²) in [4.78, 5) is 26.6. The van der Waals surface area contributed by atoms with Gasteiger partial charge in [0.1, 0.15) is 6.61 Å². The van der Waals surface area contributed by atoms with Crippen molar-refractivity contribution in [3.8, 4) is 0 Å². The topological polar surface area (TPSA) is 91.7 Å². The Morgan fingerprint density at radius 2 is 1.62 bits per heavy atom. The van der Waals surface area contributed by atoms with E-state index in [0.717, 1.165) is 11.1 Å². The van der Waals surface area contributed by atoms with E-state index in [1.54, 1.807) is 36.4 Å². The van der Waals surface area contributed by atoms with Gasteiger partial charge < -0.3 is 9.47 Å². The molecule has 0 amide bonds. The van der Waals surface area contributed by atoms with E-state index >= 15 is 0 Å². The van der Waals surface area contributed by atoms with Gasteiger partial charge in [0.15, 0.2) is 9.84 Å². The molecule has 3 aromatic carbocycles. The van der Waals surface area contributed by atoms with Crippen molar-refractivity contribution in [3.05, 3.63) is 101 Å². The van der Waals surface area contributed by atoms with Crippen LogP contribution in [0.15, 0.2) is 83.8 Å². The van der Waals surface area contributed by atoms with Crippen LogP contribution in [0.5, 0.6) is 0 Å². The monoisotopic (exact) mass is 517 g/mol. The molecule has 0 aliphatic heterocycles. The average Bonchev–Trinajstić information content (AvgIpc) is 3.26. The van der Waals surface area contributed by atoms with Gasteiger partial charge in [-0.1, -0.05) is 66.2 Å². The normalized spacial score (nSPS) is 17.2. The Morgan fingerprint density at radius 1 is 0.946 bits per heavy atom. The van der Waals surface area contributed by atoms with Crippen LogP contribution in [-0.2, 0) is 37.1 Å². The molecule has 0 radical (unpaired) electrons. The predicted molar refractivity (Wildman–Crippen MR) is 139 cm³/mol. The SMILES string of the molecule is COC(=O)C1CC(S(=O)(=O)c2ccc(C)cc2)Cc2c1c1ccccc1n2C(=O)OCc1ccccc1. The highest BCUT2D eigenvalue weighted by Crippen LogP contribution is 2.43. The Kier molecular flexibility index (Phi) is 6.60. The maximum Gasteiger partial charge on any atom is 0.419 e. The third kappa shape index (κ3) is 4.53. The summed E-state index contributed by atoms with van der Waals surface area (Å²) in [5.74, 6) is -1.38. The van der Waals surface area contributed by atoms with Gasteiger partial charge in [0, 0.05) is 17.5 Å². The lowest BCUT2D eigenvalue weighted by molar-refractivity contribution is -0.142. The Bertz CT molecular complexity index is 1570. The number of para-hydroxylation sites is 1. The van der Waals surface area contributed by atoms with Gasteiger partial charge in [-0.2, -0.15) is 0 Å². The Balaban J connectivity index is 1.61. The molecule has 4 aromatic rings. The molecule has 1 aromatic heterocycles. The average molecular weight is 518 g/mol. The zero-order chi connectivity index (χ0) is 26.2. The lowest BCUT2D eigenvalue weighted by atomic mass is 9.84. The second kappa shape index (κ2) is 9.86. The van der Waals surface area contributed by atoms with Gasteiger partial charge in [-0.3, -0.25) is 4.79 Å². The fourth-order valence-corrected chi connectivity index (χ4v) is 6.82. The van der Waals surface area contributed by atoms with Crippen LogP contribution in [-0.4, -0.2) is 37.4 Å². The summed E-state index contributed by atoms with van der Waals surface area (Å²) in [5, 5.41) is -0.215. The molecule has 1 heterocycles. The number of hydrogen-bond acceptors (Lipinski definition) is 6. The van der Waals surface area contributed by atoms with Gasteiger partial charge in [-0.15, -0.1) is 0 Å². The van der Waals surface area contributed by atoms with E-state index in [2.05, 4.69) is 0 Å². The maximum atomic E-state index is 13.7. The highest BCUT2D eigenvalue weighted by atomic mass is 32.2. The number of carbonyl (C=O) groups is 2. The lowest BCUT2D eigenvalue weighted by Crippen LogP contribution is -2.35. The van der Waals surface area contributed by atoms with Crippen molar-refractivity contribution < 1.29 is 27.5 Å². The van der Waals surface area contributed by atoms with E-state index in [1.165, 1.54) is 11.7 Å². The predicted octanol–water partition coefficient (Wildman–Crippen LogP) is 5.18. The number of esters is 1. The molecular weight excluding hydrogens is 490 g/mol. The van der Waals surface area contributed by atoms with Gasteiger partial charge in [-0.05, 0) is 42.7 Å². The molecule has 5 rings (SSSR count). The van der Waals surface area contributed by atoms with Crippen LogP contribution < -0.4 is 0 Å². The molecule has 8 heteroatoms. The van der Waals surface area contributed by atoms with Crippen molar-refractivity contribution in [2.45, 2.75) is 42.4 Å². The van der Waals surface area contributed by atoms with Gasteiger partial charge in [0.2, 0.25) is 0 Å². The maximum absolute atomic E-state index is 13.7. The molecule has 0 bridgehead atoms. The fourth-order valence-electron chi connectivity index (χ4n) is 5.09. The lowest BCUT2D eigenvalue weighted by Gasteiger charge is -2.29. The van der Waals surface area contributed by atoms with E-state index in [9.17, 15) is 18.0 Å². The number of carbonyl (C=O) groups excluding carboxylic acids is 2. The van der Waals surface area contributed by atoms with Crippen LogP contribution in [0.4, 0.5) is 4.79 Å². The van der Waals surface area contributed by atoms with Crippen LogP contribution in [0.2, 0.25) is 0 Å². The van der Waals surface area contributed by atoms with E-state index in [-0.39, 0.29) is 24.3 Å². The summed E-state index contributed by atoms with van der Waals surface area (Å²) >= 11 is 0. The van der Waals surface area contributed by atoms with Gasteiger partial charge >= 0.3 is 12.1 Å². The smallest absolute Gasteiger partial charge is 0.419 e. The summed E-state index contributed by atoms with van der Waals surface area (Å²) in [7, 11) is -2.52. The first-order valence-electron chi connectivity index (χ1n) is 12.0. The van der Waals surface area contributed by atoms with Crippen LogP contribution in [0, 0.1) is 6.92 Å². The minimum atomic E-state index is -3.80. The third-order valence-corrected chi connectivity index (χ3v) is 9.11. The largest absolute Gasteiger partial charge is 0.469 e. The second-order valence-electron chi connectivity index (χ2n) is 9.25. The quantitative estimate of drug-likeness (QED) is 0.339. The molecular formula is C29H27NO6S. The number of rotatable bonds is 5. The molecule has 0 fully saturated rings. The number of benzene rings is 3. The van der Waals surface area contributed by atoms with E-state index in [1.807, 2.05) is 49.4 Å². The number of nitrogens with zero attached hydrogens (tertiary/aromatic N) is 1. The molecule has 2 atom stereocenters. The van der Waals surface area contributed by atoms with Crippen molar-refractivity contribution in [2.24, 2.45) is 0 Å². The Hall–Kier alpha value is -3.91. The molecule has 190 valence electrons. The number of methoxy groups -OCH3 is 1. The number of aryl methyl sites for hydroxylation is 1. The summed E-state index contributed by atoms with van der Waals surface area (Å²) < 4.78 is 39.5. The van der Waals surface area contributed by atoms with Crippen LogP contribution in [0.25, 0.3) is 10.9 Å². The van der Waals surface area contributed by atoms with Gasteiger partial charge in [0.05, 0.1) is 28.7 Å². The molecule has 1 aliphatic carbocycles. The molecule has 7 nitrogen and oxygen atoms in total. The standard InChI is InChI=1S/C29H27NO6S/c1-19-12-14-21(15-13-19)37(33,34)22-16-24(28(31)35-2)27-23-10-6-7-11-25(23)30(26(27)17-22)29(32)36-18-20-8-4-3-5-9-20/h3-15,22,24H,16-18H2,1-2H3. The molecule has 0 N–H and O–H groups in total. The molecule has 1 aliphatic rings. The highest BCUT2D eigenvalue weighted by molar-refractivity contribution is 7.92. The minimum absolute atomic E-state index is 0.0585. The zero-order valence-corrected chi connectivity index (χ0v) is 21.4. The van der Waals surface area contributed by atoms with Crippen LogP contribution >= 0.6 is 0 Å². The molecule has 37 heavy (non-hydrogen) atoms. The van der Waals surface area contributed by atoms with Crippen LogP contribution in [0.1, 0.15) is 34.7 Å².